The van der Waals surface area contributed by atoms with E-state index in [4.69, 9.17) is 9.47 Å². The van der Waals surface area contributed by atoms with Crippen molar-refractivity contribution in [2.45, 2.75) is 30.7 Å². The molecule has 1 fully saturated rings. The van der Waals surface area contributed by atoms with Gasteiger partial charge in [0.2, 0.25) is 10.0 Å². The summed E-state index contributed by atoms with van der Waals surface area (Å²) in [4.78, 5) is 3.78. The van der Waals surface area contributed by atoms with Gasteiger partial charge in [0.25, 0.3) is 0 Å². The van der Waals surface area contributed by atoms with Gasteiger partial charge in [-0.3, -0.25) is 0 Å². The molecule has 0 radical (unpaired) electrons. The summed E-state index contributed by atoms with van der Waals surface area (Å²) < 4.78 is 40.1. The van der Waals surface area contributed by atoms with Crippen LogP contribution in [0.4, 0.5) is 5.69 Å². The van der Waals surface area contributed by atoms with Gasteiger partial charge < -0.3 is 14.4 Å². The minimum Gasteiger partial charge on any atom is -0.486 e. The van der Waals surface area contributed by atoms with Crippen LogP contribution in [-0.4, -0.2) is 45.6 Å². The lowest BCUT2D eigenvalue weighted by Crippen LogP contribution is -2.32. The lowest BCUT2D eigenvalue weighted by molar-refractivity contribution is 0.171. The van der Waals surface area contributed by atoms with Crippen LogP contribution in [-0.2, 0) is 23.0 Å². The summed E-state index contributed by atoms with van der Waals surface area (Å²) >= 11 is 1.65. The number of nitrogens with zero attached hydrogens (tertiary/aromatic N) is 2. The highest BCUT2D eigenvalue weighted by molar-refractivity contribution is 7.89. The largest absolute Gasteiger partial charge is 0.486 e. The number of thiophene rings is 1. The fraction of sp³-hybridized carbons (Fsp3) is 0.360. The maximum Gasteiger partial charge on any atom is 0.243 e. The van der Waals surface area contributed by atoms with Gasteiger partial charge in [0.15, 0.2) is 11.5 Å². The van der Waals surface area contributed by atoms with Gasteiger partial charge in [0.1, 0.15) is 13.2 Å². The van der Waals surface area contributed by atoms with Crippen LogP contribution in [0.25, 0.3) is 0 Å². The normalized spacial score (nSPS) is 15.8. The number of ether oxygens (including phenoxy) is 2. The molecule has 5 rings (SSSR count). The van der Waals surface area contributed by atoms with Crippen molar-refractivity contribution in [1.29, 1.82) is 0 Å². The molecule has 1 aromatic heterocycles. The van der Waals surface area contributed by atoms with Crippen molar-refractivity contribution < 1.29 is 17.9 Å². The second-order valence-electron chi connectivity index (χ2n) is 8.33. The predicted octanol–water partition coefficient (Wildman–Crippen LogP) is 4.55. The molecule has 2 aliphatic heterocycles. The molecule has 2 aliphatic rings. The van der Waals surface area contributed by atoms with E-state index in [0.29, 0.717) is 44.2 Å². The van der Waals surface area contributed by atoms with Gasteiger partial charge in [0.05, 0.1) is 4.90 Å². The van der Waals surface area contributed by atoms with E-state index in [0.717, 1.165) is 18.7 Å². The van der Waals surface area contributed by atoms with Gasteiger partial charge in [-0.05, 0) is 60.5 Å². The number of fused-ring (bicyclic) bond motifs is 1. The minimum absolute atomic E-state index is 0.228. The monoisotopic (exact) mass is 484 g/mol. The standard InChI is InChI=1S/C25H28N2O4S2/c28-33(29,23-9-10-24-25(18-23)31-16-15-30-24)27(14-11-22-4-3-17-32-22)19-20-5-7-21(8-6-20)26-12-1-2-13-26/h3-10,17-18H,1-2,11-16,19H2. The first-order chi connectivity index (χ1) is 16.1. The summed E-state index contributed by atoms with van der Waals surface area (Å²) in [5.74, 6) is 1.07. The molecule has 0 unspecified atom stereocenters. The SMILES string of the molecule is O=S(=O)(c1ccc2c(c1)OCCO2)N(CCc1cccs1)Cc1ccc(N2CCCC2)cc1. The molecule has 0 saturated carbocycles. The molecule has 0 bridgehead atoms. The van der Waals surface area contributed by atoms with Crippen LogP contribution in [0.2, 0.25) is 0 Å². The van der Waals surface area contributed by atoms with E-state index < -0.39 is 10.0 Å². The number of rotatable bonds is 8. The van der Waals surface area contributed by atoms with E-state index in [1.54, 1.807) is 33.8 Å². The molecule has 0 spiro atoms. The molecule has 8 heteroatoms. The van der Waals surface area contributed by atoms with Gasteiger partial charge in [-0.15, -0.1) is 11.3 Å². The molecule has 3 heterocycles. The molecular weight excluding hydrogens is 456 g/mol. The molecule has 0 amide bonds. The Bertz CT molecular complexity index is 1170. The van der Waals surface area contributed by atoms with Crippen molar-refractivity contribution in [2.24, 2.45) is 0 Å². The molecule has 0 atom stereocenters. The molecule has 3 aromatic rings. The zero-order valence-corrected chi connectivity index (χ0v) is 20.1. The van der Waals surface area contributed by atoms with Crippen LogP contribution >= 0.6 is 11.3 Å². The maximum atomic E-state index is 13.7. The first-order valence-corrected chi connectivity index (χ1v) is 13.7. The third-order valence-corrected chi connectivity index (χ3v) is 8.88. The van der Waals surface area contributed by atoms with Gasteiger partial charge in [-0.2, -0.15) is 4.31 Å². The van der Waals surface area contributed by atoms with Crippen LogP contribution in [0.15, 0.2) is 64.9 Å². The van der Waals surface area contributed by atoms with Crippen molar-refractivity contribution in [2.75, 3.05) is 37.7 Å². The molecule has 174 valence electrons. The Hall–Kier alpha value is -2.55. The van der Waals surface area contributed by atoms with Crippen molar-refractivity contribution >= 4 is 27.0 Å². The van der Waals surface area contributed by atoms with Crippen molar-refractivity contribution in [3.8, 4) is 11.5 Å². The summed E-state index contributed by atoms with van der Waals surface area (Å²) in [6, 6.07) is 17.2. The Morgan fingerprint density at radius 3 is 2.42 bits per heavy atom. The highest BCUT2D eigenvalue weighted by Gasteiger charge is 2.27. The highest BCUT2D eigenvalue weighted by atomic mass is 32.2. The number of hydrogen-bond donors (Lipinski definition) is 0. The van der Waals surface area contributed by atoms with Crippen LogP contribution in [0.3, 0.4) is 0 Å². The molecule has 0 aliphatic carbocycles. The second-order valence-corrected chi connectivity index (χ2v) is 11.3. The fourth-order valence-corrected chi connectivity index (χ4v) is 6.44. The summed E-state index contributed by atoms with van der Waals surface area (Å²) in [5.41, 5.74) is 2.18. The van der Waals surface area contributed by atoms with E-state index in [-0.39, 0.29) is 4.90 Å². The van der Waals surface area contributed by atoms with E-state index >= 15 is 0 Å². The minimum atomic E-state index is -3.72. The van der Waals surface area contributed by atoms with E-state index in [1.165, 1.54) is 23.4 Å². The fourth-order valence-electron chi connectivity index (χ4n) is 4.30. The van der Waals surface area contributed by atoms with Crippen molar-refractivity contribution in [3.63, 3.8) is 0 Å². The highest BCUT2D eigenvalue weighted by Crippen LogP contribution is 2.33. The second kappa shape index (κ2) is 9.75. The van der Waals surface area contributed by atoms with Crippen molar-refractivity contribution in [3.05, 3.63) is 70.4 Å². The van der Waals surface area contributed by atoms with E-state index in [9.17, 15) is 8.42 Å². The molecule has 6 nitrogen and oxygen atoms in total. The average Bonchev–Trinajstić information content (AvgIpc) is 3.56. The zero-order chi connectivity index (χ0) is 22.7. The van der Waals surface area contributed by atoms with Gasteiger partial charge in [-0.1, -0.05) is 18.2 Å². The first kappa shape index (κ1) is 22.3. The Kier molecular flexibility index (Phi) is 6.57. The summed E-state index contributed by atoms with van der Waals surface area (Å²) in [7, 11) is -3.72. The number of benzene rings is 2. The summed E-state index contributed by atoms with van der Waals surface area (Å²) in [6.07, 6.45) is 3.13. The van der Waals surface area contributed by atoms with E-state index in [2.05, 4.69) is 17.0 Å². The van der Waals surface area contributed by atoms with Gasteiger partial charge in [0, 0.05) is 42.8 Å². The number of hydrogen-bond acceptors (Lipinski definition) is 6. The first-order valence-electron chi connectivity index (χ1n) is 11.4. The third-order valence-electron chi connectivity index (χ3n) is 6.11. The zero-order valence-electron chi connectivity index (χ0n) is 18.5. The smallest absolute Gasteiger partial charge is 0.243 e. The molecular formula is C25H28N2O4S2. The van der Waals surface area contributed by atoms with Crippen LogP contribution in [0.5, 0.6) is 11.5 Å². The topological polar surface area (TPSA) is 59.1 Å². The lowest BCUT2D eigenvalue weighted by atomic mass is 10.2. The Morgan fingerprint density at radius 1 is 0.939 bits per heavy atom. The lowest BCUT2D eigenvalue weighted by Gasteiger charge is -2.24. The van der Waals surface area contributed by atoms with Crippen molar-refractivity contribution in [1.82, 2.24) is 4.31 Å². The Morgan fingerprint density at radius 2 is 1.70 bits per heavy atom. The Labute approximate surface area is 199 Å². The summed E-state index contributed by atoms with van der Waals surface area (Å²) in [5, 5.41) is 2.02. The maximum absolute atomic E-state index is 13.7. The van der Waals surface area contributed by atoms with Crippen LogP contribution < -0.4 is 14.4 Å². The quantitative estimate of drug-likeness (QED) is 0.469. The number of anilines is 1. The number of sulfonamides is 1. The predicted molar refractivity (Wildman–Crippen MR) is 131 cm³/mol. The average molecular weight is 485 g/mol. The van der Waals surface area contributed by atoms with Crippen LogP contribution in [0, 0.1) is 0 Å². The molecule has 2 aromatic carbocycles. The van der Waals surface area contributed by atoms with Gasteiger partial charge in [-0.25, -0.2) is 8.42 Å². The molecule has 33 heavy (non-hydrogen) atoms. The van der Waals surface area contributed by atoms with E-state index in [1.807, 2.05) is 29.6 Å². The Balaban J connectivity index is 1.39. The van der Waals surface area contributed by atoms with Gasteiger partial charge >= 0.3 is 0 Å². The molecule has 1 saturated heterocycles. The van der Waals surface area contributed by atoms with Crippen LogP contribution in [0.1, 0.15) is 23.3 Å². The summed E-state index contributed by atoms with van der Waals surface area (Å²) in [6.45, 7) is 3.80. The third kappa shape index (κ3) is 5.03. The molecule has 0 N–H and O–H groups in total.